The number of benzene rings is 3. The number of aromatic amines is 1. The number of para-hydroxylation sites is 2. The second-order valence-electron chi connectivity index (χ2n) is 7.71. The highest BCUT2D eigenvalue weighted by Crippen LogP contribution is 2.23. The zero-order chi connectivity index (χ0) is 22.1. The van der Waals surface area contributed by atoms with Crippen LogP contribution in [0.4, 0.5) is 0 Å². The van der Waals surface area contributed by atoms with Gasteiger partial charge in [-0.25, -0.2) is 4.98 Å². The Morgan fingerprint density at radius 2 is 1.69 bits per heavy atom. The molecule has 0 radical (unpaired) electrons. The van der Waals surface area contributed by atoms with E-state index in [-0.39, 0.29) is 12.2 Å². The first-order valence-electron chi connectivity index (χ1n) is 10.4. The molecule has 32 heavy (non-hydrogen) atoms. The van der Waals surface area contributed by atoms with Gasteiger partial charge in [0.1, 0.15) is 12.4 Å². The zero-order valence-corrected chi connectivity index (χ0v) is 17.9. The SMILES string of the molecule is Cc1cccc(C)c1OCc1nc2ccccc2c(=O)n1/N=C\c1[nH]cc2ccccc12. The fraction of sp³-hybridized carbons (Fsp3) is 0.115. The minimum absolute atomic E-state index is 0.120. The lowest BCUT2D eigenvalue weighted by Crippen LogP contribution is -2.23. The van der Waals surface area contributed by atoms with Crippen LogP contribution in [-0.2, 0) is 6.61 Å². The maximum absolute atomic E-state index is 13.3. The van der Waals surface area contributed by atoms with E-state index in [1.165, 1.54) is 4.68 Å². The van der Waals surface area contributed by atoms with Crippen LogP contribution >= 0.6 is 0 Å². The number of H-pyrrole nitrogens is 1. The summed E-state index contributed by atoms with van der Waals surface area (Å²) in [6.07, 6.45) is 3.58. The molecule has 158 valence electrons. The van der Waals surface area contributed by atoms with E-state index in [1.807, 2.05) is 80.7 Å². The summed E-state index contributed by atoms with van der Waals surface area (Å²) in [5.74, 6) is 1.23. The number of hydrogen-bond donors (Lipinski definition) is 1. The van der Waals surface area contributed by atoms with Gasteiger partial charge in [-0.1, -0.05) is 54.6 Å². The predicted molar refractivity (Wildman–Crippen MR) is 128 cm³/mol. The van der Waals surface area contributed by atoms with E-state index in [1.54, 1.807) is 12.3 Å². The molecule has 0 spiro atoms. The summed E-state index contributed by atoms with van der Waals surface area (Å²) < 4.78 is 7.43. The minimum atomic E-state index is -0.234. The quantitative estimate of drug-likeness (QED) is 0.407. The van der Waals surface area contributed by atoms with Crippen molar-refractivity contribution in [2.75, 3.05) is 0 Å². The molecule has 2 aromatic heterocycles. The fourth-order valence-corrected chi connectivity index (χ4v) is 3.87. The van der Waals surface area contributed by atoms with Gasteiger partial charge in [-0.2, -0.15) is 9.78 Å². The summed E-state index contributed by atoms with van der Waals surface area (Å²) in [5, 5.41) is 7.14. The van der Waals surface area contributed by atoms with Gasteiger partial charge in [0.15, 0.2) is 5.82 Å². The molecule has 5 rings (SSSR count). The fourth-order valence-electron chi connectivity index (χ4n) is 3.87. The average Bonchev–Trinajstić information content (AvgIpc) is 3.21. The summed E-state index contributed by atoms with van der Waals surface area (Å²) in [6, 6.07) is 21.3. The van der Waals surface area contributed by atoms with Crippen LogP contribution in [0.15, 0.2) is 82.8 Å². The molecule has 2 heterocycles. The third-order valence-corrected chi connectivity index (χ3v) is 5.51. The van der Waals surface area contributed by atoms with Gasteiger partial charge in [0, 0.05) is 11.6 Å². The highest BCUT2D eigenvalue weighted by atomic mass is 16.5. The largest absolute Gasteiger partial charge is 0.485 e. The van der Waals surface area contributed by atoms with Crippen LogP contribution in [-0.4, -0.2) is 20.9 Å². The van der Waals surface area contributed by atoms with Crippen molar-refractivity contribution in [2.24, 2.45) is 5.10 Å². The molecule has 1 N–H and O–H groups in total. The molecule has 0 bridgehead atoms. The maximum atomic E-state index is 13.3. The summed E-state index contributed by atoms with van der Waals surface area (Å²) in [4.78, 5) is 21.2. The van der Waals surface area contributed by atoms with Crippen LogP contribution in [0.2, 0.25) is 0 Å². The number of rotatable bonds is 5. The third-order valence-electron chi connectivity index (χ3n) is 5.51. The molecule has 6 heteroatoms. The summed E-state index contributed by atoms with van der Waals surface area (Å²) in [5.41, 5.74) is 3.27. The van der Waals surface area contributed by atoms with Crippen molar-refractivity contribution in [3.63, 3.8) is 0 Å². The number of ether oxygens (including phenoxy) is 1. The molecule has 3 aromatic carbocycles. The van der Waals surface area contributed by atoms with Crippen LogP contribution in [0, 0.1) is 13.8 Å². The van der Waals surface area contributed by atoms with Crippen molar-refractivity contribution >= 4 is 27.9 Å². The van der Waals surface area contributed by atoms with Crippen LogP contribution in [0.1, 0.15) is 22.6 Å². The zero-order valence-electron chi connectivity index (χ0n) is 17.9. The van der Waals surface area contributed by atoms with E-state index < -0.39 is 0 Å². The summed E-state index contributed by atoms with van der Waals surface area (Å²) in [6.45, 7) is 4.12. The molecule has 0 saturated carbocycles. The van der Waals surface area contributed by atoms with Crippen molar-refractivity contribution in [3.05, 3.63) is 106 Å². The predicted octanol–water partition coefficient (Wildman–Crippen LogP) is 4.96. The lowest BCUT2D eigenvalue weighted by atomic mass is 10.1. The lowest BCUT2D eigenvalue weighted by molar-refractivity contribution is 0.285. The Morgan fingerprint density at radius 3 is 2.50 bits per heavy atom. The summed E-state index contributed by atoms with van der Waals surface area (Å²) in [7, 11) is 0. The molecule has 6 nitrogen and oxygen atoms in total. The Kier molecular flexibility index (Phi) is 5.03. The molecule has 0 fully saturated rings. The van der Waals surface area contributed by atoms with Gasteiger partial charge in [-0.05, 0) is 42.5 Å². The topological polar surface area (TPSA) is 72.3 Å². The van der Waals surface area contributed by atoms with Crippen molar-refractivity contribution in [2.45, 2.75) is 20.5 Å². The van der Waals surface area contributed by atoms with Crippen molar-refractivity contribution in [1.82, 2.24) is 14.6 Å². The van der Waals surface area contributed by atoms with E-state index in [9.17, 15) is 4.79 Å². The second-order valence-corrected chi connectivity index (χ2v) is 7.71. The number of aromatic nitrogens is 3. The smallest absolute Gasteiger partial charge is 0.282 e. The molecule has 0 saturated heterocycles. The van der Waals surface area contributed by atoms with Crippen LogP contribution in [0.3, 0.4) is 0 Å². The first-order valence-corrected chi connectivity index (χ1v) is 10.4. The molecule has 0 aliphatic carbocycles. The van der Waals surface area contributed by atoms with Crippen LogP contribution < -0.4 is 10.3 Å². The van der Waals surface area contributed by atoms with Gasteiger partial charge in [-0.3, -0.25) is 4.79 Å². The van der Waals surface area contributed by atoms with E-state index in [2.05, 4.69) is 15.1 Å². The number of nitrogens with zero attached hydrogens (tertiary/aromatic N) is 3. The Labute approximate surface area is 184 Å². The van der Waals surface area contributed by atoms with Crippen LogP contribution in [0.5, 0.6) is 5.75 Å². The van der Waals surface area contributed by atoms with Crippen molar-refractivity contribution < 1.29 is 4.74 Å². The van der Waals surface area contributed by atoms with Gasteiger partial charge < -0.3 is 9.72 Å². The normalized spacial score (nSPS) is 11.6. The van der Waals surface area contributed by atoms with Gasteiger partial charge in [0.25, 0.3) is 5.56 Å². The molecular weight excluding hydrogens is 400 g/mol. The molecule has 0 aliphatic rings. The Bertz CT molecular complexity index is 1510. The lowest BCUT2D eigenvalue weighted by Gasteiger charge is -2.13. The van der Waals surface area contributed by atoms with Crippen molar-refractivity contribution in [3.8, 4) is 5.75 Å². The molecule has 0 unspecified atom stereocenters. The third kappa shape index (κ3) is 3.56. The van der Waals surface area contributed by atoms with Gasteiger partial charge in [0.2, 0.25) is 0 Å². The number of fused-ring (bicyclic) bond motifs is 2. The standard InChI is InChI=1S/C26H22N4O2/c1-17-8-7-9-18(2)25(17)32-16-24-29-22-13-6-5-12-21(22)26(31)30(24)28-15-23-20-11-4-3-10-19(20)14-27-23/h3-15,27H,16H2,1-2H3/b28-15-. The Balaban J connectivity index is 1.58. The number of nitrogens with one attached hydrogen (secondary N) is 1. The van der Waals surface area contributed by atoms with Crippen molar-refractivity contribution in [1.29, 1.82) is 0 Å². The monoisotopic (exact) mass is 422 g/mol. The second kappa shape index (κ2) is 8.15. The average molecular weight is 422 g/mol. The maximum Gasteiger partial charge on any atom is 0.282 e. The highest BCUT2D eigenvalue weighted by molar-refractivity contribution is 5.98. The van der Waals surface area contributed by atoms with E-state index in [4.69, 9.17) is 4.74 Å². The first-order chi connectivity index (χ1) is 15.6. The highest BCUT2D eigenvalue weighted by Gasteiger charge is 2.13. The number of hydrogen-bond acceptors (Lipinski definition) is 4. The van der Waals surface area contributed by atoms with Gasteiger partial charge >= 0.3 is 0 Å². The van der Waals surface area contributed by atoms with E-state index in [0.717, 1.165) is 33.3 Å². The minimum Gasteiger partial charge on any atom is -0.485 e. The molecule has 0 amide bonds. The van der Waals surface area contributed by atoms with Gasteiger partial charge in [-0.15, -0.1) is 0 Å². The molecule has 0 atom stereocenters. The first kappa shape index (κ1) is 19.8. The summed E-state index contributed by atoms with van der Waals surface area (Å²) >= 11 is 0. The van der Waals surface area contributed by atoms with Gasteiger partial charge in [0.05, 0.1) is 22.8 Å². The molecule has 5 aromatic rings. The molecule has 0 aliphatic heterocycles. The number of aryl methyl sites for hydroxylation is 2. The van der Waals surface area contributed by atoms with E-state index >= 15 is 0 Å². The Hall–Kier alpha value is -4.19. The van der Waals surface area contributed by atoms with Crippen LogP contribution in [0.25, 0.3) is 21.7 Å². The molecular formula is C26H22N4O2. The van der Waals surface area contributed by atoms with E-state index in [0.29, 0.717) is 16.7 Å². The Morgan fingerprint density at radius 1 is 0.969 bits per heavy atom.